The van der Waals surface area contributed by atoms with Gasteiger partial charge in [-0.25, -0.2) is 0 Å². The third kappa shape index (κ3) is 13.6. The number of rotatable bonds is 14. The Morgan fingerprint density at radius 3 is 1.89 bits per heavy atom. The van der Waals surface area contributed by atoms with E-state index in [1.807, 2.05) is 0 Å². The van der Waals surface area contributed by atoms with Crippen molar-refractivity contribution in [3.05, 3.63) is 12.7 Å². The molecule has 0 N–H and O–H groups in total. The summed E-state index contributed by atoms with van der Waals surface area (Å²) in [6, 6.07) is 0. The van der Waals surface area contributed by atoms with Crippen molar-refractivity contribution in [1.29, 1.82) is 0 Å². The molecular weight excluding hydrogens is 232 g/mol. The van der Waals surface area contributed by atoms with Gasteiger partial charge in [0.2, 0.25) is 0 Å². The summed E-state index contributed by atoms with van der Waals surface area (Å²) in [6.45, 7) is 13.0. The molecule has 0 aliphatic heterocycles. The molecule has 1 atom stereocenters. The molecule has 1 unspecified atom stereocenters. The first-order valence-corrected chi connectivity index (χ1v) is 6.73. The maximum Gasteiger partial charge on any atom is 0.0704 e. The summed E-state index contributed by atoms with van der Waals surface area (Å²) >= 11 is 0. The zero-order valence-corrected chi connectivity index (χ0v) is 11.9. The largest absolute Gasteiger partial charge is 0.379 e. The van der Waals surface area contributed by atoms with Gasteiger partial charge in [-0.1, -0.05) is 26.3 Å². The van der Waals surface area contributed by atoms with Gasteiger partial charge in [0, 0.05) is 6.61 Å². The minimum absolute atomic E-state index is 0.577. The van der Waals surface area contributed by atoms with Crippen molar-refractivity contribution in [3.63, 3.8) is 0 Å². The first-order valence-electron chi connectivity index (χ1n) is 6.73. The first-order chi connectivity index (χ1) is 8.81. The molecule has 0 radical (unpaired) electrons. The highest BCUT2D eigenvalue weighted by atomic mass is 16.6. The van der Waals surface area contributed by atoms with E-state index in [-0.39, 0.29) is 0 Å². The van der Waals surface area contributed by atoms with Crippen LogP contribution in [0, 0.1) is 5.92 Å². The molecule has 0 saturated heterocycles. The highest BCUT2D eigenvalue weighted by molar-refractivity contribution is 4.63. The van der Waals surface area contributed by atoms with Crippen molar-refractivity contribution in [2.45, 2.75) is 20.3 Å². The van der Waals surface area contributed by atoms with E-state index >= 15 is 0 Å². The van der Waals surface area contributed by atoms with Crippen LogP contribution in [0.5, 0.6) is 0 Å². The Morgan fingerprint density at radius 2 is 1.39 bits per heavy atom. The van der Waals surface area contributed by atoms with Gasteiger partial charge in [0.1, 0.15) is 0 Å². The third-order valence-electron chi connectivity index (χ3n) is 2.45. The Labute approximate surface area is 111 Å². The second kappa shape index (κ2) is 14.6. The predicted molar refractivity (Wildman–Crippen MR) is 72.9 cm³/mol. The highest BCUT2D eigenvalue weighted by Crippen LogP contribution is 1.99. The topological polar surface area (TPSA) is 36.9 Å². The molecule has 0 aliphatic rings. The van der Waals surface area contributed by atoms with E-state index in [2.05, 4.69) is 20.4 Å². The van der Waals surface area contributed by atoms with Crippen LogP contribution >= 0.6 is 0 Å². The molecule has 0 bridgehead atoms. The number of hydrogen-bond donors (Lipinski definition) is 0. The van der Waals surface area contributed by atoms with Crippen LogP contribution in [0.3, 0.4) is 0 Å². The van der Waals surface area contributed by atoms with Crippen LogP contribution in [-0.4, -0.2) is 52.9 Å². The molecule has 0 spiro atoms. The van der Waals surface area contributed by atoms with Crippen molar-refractivity contribution in [3.8, 4) is 0 Å². The lowest BCUT2D eigenvalue weighted by atomic mass is 10.1. The lowest BCUT2D eigenvalue weighted by molar-refractivity contribution is -0.00303. The summed E-state index contributed by atoms with van der Waals surface area (Å²) in [6.07, 6.45) is 2.88. The Kier molecular flexibility index (Phi) is 14.3. The van der Waals surface area contributed by atoms with Gasteiger partial charge in [0.25, 0.3) is 0 Å². The van der Waals surface area contributed by atoms with E-state index in [4.69, 9.17) is 18.9 Å². The van der Waals surface area contributed by atoms with Crippen LogP contribution in [0.2, 0.25) is 0 Å². The molecule has 0 amide bonds. The van der Waals surface area contributed by atoms with Crippen molar-refractivity contribution in [2.75, 3.05) is 52.9 Å². The standard InChI is InChI=1S/C14H28O4/c1-4-6-15-7-8-16-9-10-17-11-12-18-13-14(3)5-2/h4,14H,1,5-13H2,2-3H3. The Hall–Kier alpha value is -0.420. The van der Waals surface area contributed by atoms with E-state index in [1.165, 1.54) is 0 Å². The van der Waals surface area contributed by atoms with Crippen molar-refractivity contribution < 1.29 is 18.9 Å². The zero-order chi connectivity index (χ0) is 13.5. The monoisotopic (exact) mass is 260 g/mol. The normalized spacial score (nSPS) is 12.6. The molecule has 0 aliphatic carbocycles. The van der Waals surface area contributed by atoms with Crippen LogP contribution < -0.4 is 0 Å². The molecule has 108 valence electrons. The predicted octanol–water partition coefficient (Wildman–Crippen LogP) is 2.28. The van der Waals surface area contributed by atoms with Crippen LogP contribution in [-0.2, 0) is 18.9 Å². The van der Waals surface area contributed by atoms with E-state index in [0.717, 1.165) is 13.0 Å². The average molecular weight is 260 g/mol. The third-order valence-corrected chi connectivity index (χ3v) is 2.45. The smallest absolute Gasteiger partial charge is 0.0704 e. The van der Waals surface area contributed by atoms with Gasteiger partial charge in [0.05, 0.1) is 46.2 Å². The van der Waals surface area contributed by atoms with Crippen molar-refractivity contribution in [2.24, 2.45) is 5.92 Å². The minimum atomic E-state index is 0.577. The molecule has 18 heavy (non-hydrogen) atoms. The fraction of sp³-hybridized carbons (Fsp3) is 0.857. The van der Waals surface area contributed by atoms with E-state index in [9.17, 15) is 0 Å². The lowest BCUT2D eigenvalue weighted by Crippen LogP contribution is -2.13. The molecule has 0 fully saturated rings. The molecule has 0 saturated carbocycles. The second-order valence-corrected chi connectivity index (χ2v) is 4.18. The SMILES string of the molecule is C=CCOCCOCCOCCOCC(C)CC. The second-order valence-electron chi connectivity index (χ2n) is 4.18. The van der Waals surface area contributed by atoms with E-state index < -0.39 is 0 Å². The van der Waals surface area contributed by atoms with Gasteiger partial charge in [-0.05, 0) is 5.92 Å². The summed E-state index contributed by atoms with van der Waals surface area (Å²) in [4.78, 5) is 0. The van der Waals surface area contributed by atoms with Gasteiger partial charge >= 0.3 is 0 Å². The molecule has 0 aromatic heterocycles. The van der Waals surface area contributed by atoms with Gasteiger partial charge in [-0.2, -0.15) is 0 Å². The molecule has 0 aromatic carbocycles. The molecule has 0 rings (SSSR count). The summed E-state index contributed by atoms with van der Waals surface area (Å²) in [5.41, 5.74) is 0. The van der Waals surface area contributed by atoms with Crippen LogP contribution in [0.1, 0.15) is 20.3 Å². The molecule has 4 nitrogen and oxygen atoms in total. The van der Waals surface area contributed by atoms with E-state index in [1.54, 1.807) is 6.08 Å². The fourth-order valence-electron chi connectivity index (χ4n) is 1.13. The maximum atomic E-state index is 5.46. The molecule has 4 heteroatoms. The van der Waals surface area contributed by atoms with Crippen molar-refractivity contribution >= 4 is 0 Å². The maximum absolute atomic E-state index is 5.46. The lowest BCUT2D eigenvalue weighted by Gasteiger charge is -2.09. The van der Waals surface area contributed by atoms with Gasteiger partial charge in [-0.15, -0.1) is 6.58 Å². The molecule has 0 heterocycles. The van der Waals surface area contributed by atoms with E-state index in [0.29, 0.717) is 52.2 Å². The Morgan fingerprint density at radius 1 is 0.889 bits per heavy atom. The zero-order valence-electron chi connectivity index (χ0n) is 11.9. The Balaban J connectivity index is 2.96. The fourth-order valence-corrected chi connectivity index (χ4v) is 1.13. The van der Waals surface area contributed by atoms with Gasteiger partial charge in [-0.3, -0.25) is 0 Å². The summed E-state index contributed by atoms with van der Waals surface area (Å²) in [5.74, 6) is 0.629. The quantitative estimate of drug-likeness (QED) is 0.355. The van der Waals surface area contributed by atoms with Gasteiger partial charge in [0.15, 0.2) is 0 Å². The van der Waals surface area contributed by atoms with Crippen LogP contribution in [0.25, 0.3) is 0 Å². The first kappa shape index (κ1) is 17.6. The summed E-state index contributed by atoms with van der Waals surface area (Å²) in [5, 5.41) is 0. The summed E-state index contributed by atoms with van der Waals surface area (Å²) in [7, 11) is 0. The number of ether oxygens (including phenoxy) is 4. The summed E-state index contributed by atoms with van der Waals surface area (Å²) < 4.78 is 21.3. The highest BCUT2D eigenvalue weighted by Gasteiger charge is 1.97. The average Bonchev–Trinajstić information content (AvgIpc) is 2.39. The number of hydrogen-bond acceptors (Lipinski definition) is 4. The minimum Gasteiger partial charge on any atom is -0.379 e. The molecular formula is C14H28O4. The Bertz CT molecular complexity index is 173. The van der Waals surface area contributed by atoms with Crippen LogP contribution in [0.15, 0.2) is 12.7 Å². The van der Waals surface area contributed by atoms with Crippen molar-refractivity contribution in [1.82, 2.24) is 0 Å². The van der Waals surface area contributed by atoms with Gasteiger partial charge < -0.3 is 18.9 Å². The molecule has 0 aromatic rings. The van der Waals surface area contributed by atoms with Crippen LogP contribution in [0.4, 0.5) is 0 Å².